The molecule has 0 unspecified atom stereocenters. The maximum atomic E-state index is 14.2. The zero-order valence-corrected chi connectivity index (χ0v) is 26.8. The molecule has 0 spiro atoms. The van der Waals surface area contributed by atoms with Crippen LogP contribution < -0.4 is 0 Å². The van der Waals surface area contributed by atoms with Crippen LogP contribution in [-0.2, 0) is 24.2 Å². The van der Waals surface area contributed by atoms with E-state index < -0.39 is 5.82 Å². The first-order valence-electron chi connectivity index (χ1n) is 15.7. The van der Waals surface area contributed by atoms with Gasteiger partial charge in [0.1, 0.15) is 17.2 Å². The molecule has 0 atom stereocenters. The molecule has 2 aliphatic rings. The first kappa shape index (κ1) is 31.2. The maximum absolute atomic E-state index is 14.2. The molecule has 2 aliphatic heterocycles. The lowest BCUT2D eigenvalue weighted by Gasteiger charge is -2.36. The molecule has 2 aromatic heterocycles. The number of aromatic amines is 2. The predicted octanol–water partition coefficient (Wildman–Crippen LogP) is 4.90. The number of hydrogen-bond donors (Lipinski definition) is 3. The number of imidazole rings is 1. The van der Waals surface area contributed by atoms with Crippen LogP contribution in [0, 0.1) is 5.82 Å². The number of aromatic nitrogens is 4. The van der Waals surface area contributed by atoms with Gasteiger partial charge in [0.05, 0.1) is 29.6 Å². The van der Waals surface area contributed by atoms with Crippen molar-refractivity contribution in [3.05, 3.63) is 65.1 Å². The van der Waals surface area contributed by atoms with Crippen LogP contribution in [-0.4, -0.2) is 98.1 Å². The smallest absolute Gasteiger partial charge is 0.268 e. The number of phenols is 1. The highest BCUT2D eigenvalue weighted by Crippen LogP contribution is 2.34. The summed E-state index contributed by atoms with van der Waals surface area (Å²) in [6.45, 7) is 10.4. The number of likely N-dealkylation sites (tertiary alicyclic amines) is 1. The van der Waals surface area contributed by atoms with E-state index in [1.807, 2.05) is 32.2 Å². The summed E-state index contributed by atoms with van der Waals surface area (Å²) in [5.74, 6) is 0.129. The molecule has 4 aromatic rings. The molecule has 0 aliphatic carbocycles. The Labute approximate surface area is 267 Å². The van der Waals surface area contributed by atoms with Crippen molar-refractivity contribution in [2.45, 2.75) is 52.1 Å². The molecule has 1 fully saturated rings. The van der Waals surface area contributed by atoms with E-state index in [4.69, 9.17) is 4.98 Å². The second kappa shape index (κ2) is 12.9. The van der Waals surface area contributed by atoms with Crippen LogP contribution in [0.1, 0.15) is 43.6 Å². The van der Waals surface area contributed by atoms with Crippen molar-refractivity contribution in [3.8, 4) is 28.4 Å². The molecule has 2 aromatic carbocycles. The molecule has 4 heterocycles. The number of benzene rings is 2. The van der Waals surface area contributed by atoms with Crippen molar-refractivity contribution in [1.29, 1.82) is 0 Å². The number of phenolic OH excluding ortho intramolecular Hbond substituents is 1. The summed E-state index contributed by atoms with van der Waals surface area (Å²) in [5, 5.41) is 18.3. The Morgan fingerprint density at radius 1 is 1.24 bits per heavy atom. The van der Waals surface area contributed by atoms with Crippen LogP contribution in [0.2, 0.25) is 0 Å². The summed E-state index contributed by atoms with van der Waals surface area (Å²) in [7, 11) is 4.14. The fourth-order valence-corrected chi connectivity index (χ4v) is 6.36. The lowest BCUT2D eigenvalue weighted by molar-refractivity contribution is -0.125. The second-order valence-electron chi connectivity index (χ2n) is 12.1. The van der Waals surface area contributed by atoms with E-state index in [-0.39, 0.29) is 11.7 Å². The molecule has 46 heavy (non-hydrogen) atoms. The van der Waals surface area contributed by atoms with E-state index in [9.17, 15) is 14.3 Å². The molecule has 0 saturated carbocycles. The molecule has 1 amide bonds. The zero-order valence-electron chi connectivity index (χ0n) is 26.8. The van der Waals surface area contributed by atoms with E-state index in [0.29, 0.717) is 55.0 Å². The van der Waals surface area contributed by atoms with Crippen LogP contribution in [0.25, 0.3) is 33.5 Å². The standard InChI is InChI=1S/C34H40FN9O2/c1-6-21-16-30(45)26(35)17-25(21)22-7-8-24-28(15-22)40-41-32(24)33-38-27-11-14-44(19-29(27)39-33)34(46)20(2)37-18-31(36-3)43(5)23-9-12-42(4)13-10-23/h7-8,15-18,23,45H,3,6,9-14,19H2,1-2,4-5H3,(H,38,39)(H,40,41)/b31-18+,37-20?. The van der Waals surface area contributed by atoms with Crippen LogP contribution in [0.4, 0.5) is 4.39 Å². The Balaban J connectivity index is 1.17. The number of fused-ring (bicyclic) bond motifs is 2. The van der Waals surface area contributed by atoms with E-state index in [0.717, 1.165) is 64.9 Å². The number of aromatic hydroxyl groups is 1. The molecular formula is C34H40FN9O2. The van der Waals surface area contributed by atoms with Gasteiger partial charge in [0.25, 0.3) is 5.91 Å². The summed E-state index contributed by atoms with van der Waals surface area (Å²) >= 11 is 0. The molecule has 0 radical (unpaired) electrons. The molecule has 240 valence electrons. The third-order valence-electron chi connectivity index (χ3n) is 9.21. The first-order chi connectivity index (χ1) is 22.2. The van der Waals surface area contributed by atoms with Crippen molar-refractivity contribution >= 4 is 29.2 Å². The Bertz CT molecular complexity index is 1850. The number of halogens is 1. The highest BCUT2D eigenvalue weighted by molar-refractivity contribution is 6.38. The summed E-state index contributed by atoms with van der Waals surface area (Å²) in [6, 6.07) is 8.99. The van der Waals surface area contributed by atoms with Crippen molar-refractivity contribution < 1.29 is 14.3 Å². The van der Waals surface area contributed by atoms with Gasteiger partial charge in [0, 0.05) is 31.4 Å². The van der Waals surface area contributed by atoms with Gasteiger partial charge in [-0.3, -0.25) is 14.9 Å². The number of hydrogen-bond acceptors (Lipinski definition) is 8. The average Bonchev–Trinajstić information content (AvgIpc) is 3.69. The van der Waals surface area contributed by atoms with Gasteiger partial charge in [-0.2, -0.15) is 5.10 Å². The number of carbonyl (C=O) groups excluding carboxylic acids is 1. The summed E-state index contributed by atoms with van der Waals surface area (Å²) in [6.07, 6.45) is 4.98. The molecule has 1 saturated heterocycles. The topological polar surface area (TPSA) is 129 Å². The van der Waals surface area contributed by atoms with E-state index >= 15 is 0 Å². The number of carbonyl (C=O) groups is 1. The SMILES string of the molecule is C=N/C(=C\N=C(C)C(=O)N1CCc2nc(-c3n[nH]c4cc(-c5cc(F)c(O)cc5CC)ccc34)[nH]c2C1)N(C)C1CCN(C)CC1. The highest BCUT2D eigenvalue weighted by Gasteiger charge is 2.27. The quantitative estimate of drug-likeness (QED) is 0.239. The third-order valence-corrected chi connectivity index (χ3v) is 9.21. The highest BCUT2D eigenvalue weighted by atomic mass is 19.1. The Morgan fingerprint density at radius 2 is 2.02 bits per heavy atom. The van der Waals surface area contributed by atoms with Gasteiger partial charge in [-0.1, -0.05) is 13.0 Å². The van der Waals surface area contributed by atoms with Gasteiger partial charge < -0.3 is 24.8 Å². The van der Waals surface area contributed by atoms with Gasteiger partial charge in [-0.05, 0) is 94.0 Å². The second-order valence-corrected chi connectivity index (χ2v) is 12.1. The van der Waals surface area contributed by atoms with Gasteiger partial charge in [-0.25, -0.2) is 14.4 Å². The molecule has 0 bridgehead atoms. The minimum Gasteiger partial charge on any atom is -0.505 e. The van der Waals surface area contributed by atoms with Crippen molar-refractivity contribution in [1.82, 2.24) is 34.9 Å². The van der Waals surface area contributed by atoms with Crippen LogP contribution in [0.5, 0.6) is 5.75 Å². The minimum atomic E-state index is -0.654. The monoisotopic (exact) mass is 625 g/mol. The Hall–Kier alpha value is -4.84. The van der Waals surface area contributed by atoms with Crippen molar-refractivity contribution in [2.24, 2.45) is 9.98 Å². The van der Waals surface area contributed by atoms with Crippen LogP contribution >= 0.6 is 0 Å². The number of nitrogens with one attached hydrogen (secondary N) is 2. The largest absolute Gasteiger partial charge is 0.505 e. The summed E-state index contributed by atoms with van der Waals surface area (Å²) in [4.78, 5) is 36.5. The summed E-state index contributed by atoms with van der Waals surface area (Å²) < 4.78 is 14.2. The molecule has 3 N–H and O–H groups in total. The third kappa shape index (κ3) is 6.04. The first-order valence-corrected chi connectivity index (χ1v) is 15.7. The molecule has 6 rings (SSSR count). The fourth-order valence-electron chi connectivity index (χ4n) is 6.36. The van der Waals surface area contributed by atoms with E-state index in [1.165, 1.54) is 12.1 Å². The number of rotatable bonds is 8. The number of piperidine rings is 1. The average molecular weight is 626 g/mol. The molecule has 12 heteroatoms. The van der Waals surface area contributed by atoms with Crippen LogP contribution in [0.15, 0.2) is 52.3 Å². The molecule has 11 nitrogen and oxygen atoms in total. The van der Waals surface area contributed by atoms with Gasteiger partial charge >= 0.3 is 0 Å². The van der Waals surface area contributed by atoms with E-state index in [1.54, 1.807) is 18.0 Å². The number of aryl methyl sites for hydroxylation is 1. The number of aliphatic imine (C=N–C) groups is 2. The van der Waals surface area contributed by atoms with Gasteiger partial charge in [-0.15, -0.1) is 0 Å². The fraction of sp³-hybridized carbons (Fsp3) is 0.382. The zero-order chi connectivity index (χ0) is 32.5. The lowest BCUT2D eigenvalue weighted by Crippen LogP contribution is -2.41. The number of nitrogens with zero attached hydrogens (tertiary/aromatic N) is 7. The Morgan fingerprint density at radius 3 is 2.76 bits per heavy atom. The summed E-state index contributed by atoms with van der Waals surface area (Å²) in [5.41, 5.74) is 6.01. The maximum Gasteiger partial charge on any atom is 0.268 e. The van der Waals surface area contributed by atoms with Crippen LogP contribution in [0.3, 0.4) is 0 Å². The van der Waals surface area contributed by atoms with Crippen molar-refractivity contribution in [2.75, 3.05) is 33.7 Å². The predicted molar refractivity (Wildman–Crippen MR) is 178 cm³/mol. The molecular weight excluding hydrogens is 585 g/mol. The number of amides is 1. The van der Waals surface area contributed by atoms with Crippen molar-refractivity contribution in [3.63, 3.8) is 0 Å². The van der Waals surface area contributed by atoms with Gasteiger partial charge in [0.2, 0.25) is 0 Å². The van der Waals surface area contributed by atoms with Gasteiger partial charge in [0.15, 0.2) is 17.4 Å². The van der Waals surface area contributed by atoms with E-state index in [2.05, 4.69) is 48.7 Å². The number of H-pyrrole nitrogens is 2. The lowest BCUT2D eigenvalue weighted by atomic mass is 9.96. The normalized spacial score (nSPS) is 16.6. The minimum absolute atomic E-state index is 0.140. The Kier molecular flexibility index (Phi) is 8.72.